The van der Waals surface area contributed by atoms with Crippen LogP contribution < -0.4 is 0 Å². The lowest BCUT2D eigenvalue weighted by Crippen LogP contribution is -2.41. The Morgan fingerprint density at radius 1 is 1.03 bits per heavy atom. The molecule has 0 aromatic heterocycles. The summed E-state index contributed by atoms with van der Waals surface area (Å²) >= 11 is 0. The summed E-state index contributed by atoms with van der Waals surface area (Å²) in [5, 5.41) is 33.3. The summed E-state index contributed by atoms with van der Waals surface area (Å²) in [5.41, 5.74) is 4.96. The largest absolute Gasteiger partial charge is 0.508 e. The van der Waals surface area contributed by atoms with E-state index in [0.717, 1.165) is 27.8 Å². The number of aromatic carboxylic acids is 1. The summed E-state index contributed by atoms with van der Waals surface area (Å²) in [7, 11) is 0. The summed E-state index contributed by atoms with van der Waals surface area (Å²) in [5.74, 6) is -0.671. The van der Waals surface area contributed by atoms with Crippen molar-refractivity contribution < 1.29 is 24.9 Å². The summed E-state index contributed by atoms with van der Waals surface area (Å²) in [6.45, 7) is 3.62. The number of aliphatic hydroxyl groups excluding tert-OH is 1. The Hall–Kier alpha value is -3.68. The zero-order valence-corrected chi connectivity index (χ0v) is 19.7. The number of carbonyl (C=O) groups excluding carboxylic acids is 1. The van der Waals surface area contributed by atoms with E-state index >= 15 is 0 Å². The van der Waals surface area contributed by atoms with E-state index in [1.165, 1.54) is 0 Å². The van der Waals surface area contributed by atoms with E-state index in [1.807, 2.05) is 42.3 Å². The minimum atomic E-state index is -0.959. The molecule has 4 rings (SSSR count). The Kier molecular flexibility index (Phi) is 7.48. The van der Waals surface area contributed by atoms with Crippen LogP contribution in [0.5, 0.6) is 5.75 Å². The van der Waals surface area contributed by atoms with Crippen LogP contribution >= 0.6 is 0 Å². The fraction of sp³-hybridized carbons (Fsp3) is 0.286. The third kappa shape index (κ3) is 5.88. The molecule has 1 saturated heterocycles. The van der Waals surface area contributed by atoms with Gasteiger partial charge < -0.3 is 15.3 Å². The van der Waals surface area contributed by atoms with Crippen LogP contribution in [-0.2, 0) is 11.2 Å². The molecular weight excluding hydrogens is 444 g/mol. The molecule has 0 saturated carbocycles. The van der Waals surface area contributed by atoms with Crippen LogP contribution in [0.15, 0.2) is 66.7 Å². The van der Waals surface area contributed by atoms with Gasteiger partial charge in [0.2, 0.25) is 5.91 Å². The molecule has 0 radical (unpaired) electrons. The molecule has 7 nitrogen and oxygen atoms in total. The van der Waals surface area contributed by atoms with Gasteiger partial charge in [-0.2, -0.15) is 0 Å². The second kappa shape index (κ2) is 10.7. The van der Waals surface area contributed by atoms with E-state index in [4.69, 9.17) is 5.11 Å². The summed E-state index contributed by atoms with van der Waals surface area (Å²) in [6, 6.07) is 19.7. The first-order chi connectivity index (χ1) is 16.8. The zero-order valence-electron chi connectivity index (χ0n) is 19.7. The molecule has 1 aliphatic heterocycles. The molecule has 3 N–H and O–H groups in total. The topological polar surface area (TPSA) is 101 Å². The quantitative estimate of drug-likeness (QED) is 0.430. The maximum absolute atomic E-state index is 12.4. The lowest BCUT2D eigenvalue weighted by atomic mass is 9.96. The van der Waals surface area contributed by atoms with Gasteiger partial charge in [-0.25, -0.2) is 9.80 Å². The highest BCUT2D eigenvalue weighted by Gasteiger charge is 2.28. The van der Waals surface area contributed by atoms with E-state index in [0.29, 0.717) is 38.9 Å². The average Bonchev–Trinajstić information content (AvgIpc) is 3.20. The predicted octanol–water partition coefficient (Wildman–Crippen LogP) is 4.18. The standard InChI is InChI=1S/C28H30N2O5/c1-19-17-24(31)9-10-25(19)22-3-2-4-23(18-22)26(32)12-14-29-15-13-27(33)30(29)16-11-20-5-7-21(8-6-20)28(34)35/h2-10,17-18,26,31-32H,11-16H2,1H3,(H,34,35). The Balaban J connectivity index is 1.36. The van der Waals surface area contributed by atoms with Crippen molar-refractivity contribution in [2.45, 2.75) is 32.3 Å². The Labute approximate surface area is 204 Å². The highest BCUT2D eigenvalue weighted by atomic mass is 16.4. The van der Waals surface area contributed by atoms with E-state index < -0.39 is 12.1 Å². The van der Waals surface area contributed by atoms with E-state index in [-0.39, 0.29) is 17.2 Å². The number of aromatic hydroxyl groups is 1. The fourth-order valence-electron chi connectivity index (χ4n) is 4.50. The van der Waals surface area contributed by atoms with Crippen molar-refractivity contribution in [1.82, 2.24) is 10.0 Å². The first kappa shape index (κ1) is 24.4. The van der Waals surface area contributed by atoms with Crippen LogP contribution in [0.25, 0.3) is 11.1 Å². The van der Waals surface area contributed by atoms with Crippen molar-refractivity contribution in [3.8, 4) is 16.9 Å². The minimum absolute atomic E-state index is 0.0615. The van der Waals surface area contributed by atoms with Gasteiger partial charge in [0.15, 0.2) is 0 Å². The Morgan fingerprint density at radius 3 is 2.51 bits per heavy atom. The Morgan fingerprint density at radius 2 is 1.80 bits per heavy atom. The predicted molar refractivity (Wildman–Crippen MR) is 133 cm³/mol. The van der Waals surface area contributed by atoms with Gasteiger partial charge >= 0.3 is 5.97 Å². The molecule has 1 unspecified atom stereocenters. The number of benzene rings is 3. The maximum Gasteiger partial charge on any atom is 0.335 e. The van der Waals surface area contributed by atoms with E-state index in [2.05, 4.69) is 0 Å². The summed E-state index contributed by atoms with van der Waals surface area (Å²) in [6.07, 6.45) is 0.880. The number of carbonyl (C=O) groups is 2. The molecule has 182 valence electrons. The highest BCUT2D eigenvalue weighted by molar-refractivity contribution is 5.87. The van der Waals surface area contributed by atoms with Crippen molar-refractivity contribution >= 4 is 11.9 Å². The monoisotopic (exact) mass is 474 g/mol. The molecule has 0 aliphatic carbocycles. The molecule has 3 aromatic rings. The van der Waals surface area contributed by atoms with Crippen molar-refractivity contribution in [3.05, 3.63) is 89.0 Å². The second-order valence-electron chi connectivity index (χ2n) is 8.90. The number of nitrogens with zero attached hydrogens (tertiary/aromatic N) is 2. The van der Waals surface area contributed by atoms with Gasteiger partial charge in [-0.1, -0.05) is 36.4 Å². The lowest BCUT2D eigenvalue weighted by Gasteiger charge is -2.29. The number of rotatable bonds is 9. The summed E-state index contributed by atoms with van der Waals surface area (Å²) < 4.78 is 0. The van der Waals surface area contributed by atoms with Crippen LogP contribution in [0.2, 0.25) is 0 Å². The summed E-state index contributed by atoms with van der Waals surface area (Å²) in [4.78, 5) is 23.5. The lowest BCUT2D eigenvalue weighted by molar-refractivity contribution is -0.138. The molecule has 1 heterocycles. The van der Waals surface area contributed by atoms with Gasteiger partial charge in [-0.05, 0) is 77.9 Å². The average molecular weight is 475 g/mol. The molecule has 35 heavy (non-hydrogen) atoms. The van der Waals surface area contributed by atoms with Crippen LogP contribution in [-0.4, -0.2) is 56.8 Å². The van der Waals surface area contributed by atoms with E-state index in [9.17, 15) is 19.8 Å². The number of hydrogen-bond acceptors (Lipinski definition) is 5. The number of carboxylic acid groups (broad SMARTS) is 1. The fourth-order valence-corrected chi connectivity index (χ4v) is 4.50. The molecule has 1 atom stereocenters. The number of phenols is 1. The zero-order chi connectivity index (χ0) is 24.9. The van der Waals surface area contributed by atoms with Crippen LogP contribution in [0.1, 0.15) is 46.0 Å². The van der Waals surface area contributed by atoms with Gasteiger partial charge in [-0.15, -0.1) is 0 Å². The molecule has 7 heteroatoms. The van der Waals surface area contributed by atoms with Gasteiger partial charge in [0.05, 0.1) is 11.7 Å². The number of aliphatic hydroxyl groups is 1. The maximum atomic E-state index is 12.4. The van der Waals surface area contributed by atoms with Crippen molar-refractivity contribution in [1.29, 1.82) is 0 Å². The third-order valence-corrected chi connectivity index (χ3v) is 6.48. The number of hydrogen-bond donors (Lipinski definition) is 3. The molecular formula is C28H30N2O5. The van der Waals surface area contributed by atoms with Gasteiger partial charge in [0.25, 0.3) is 0 Å². The number of hydrazine groups is 1. The SMILES string of the molecule is Cc1cc(O)ccc1-c1cccc(C(O)CCN2CCC(=O)N2CCc2ccc(C(=O)O)cc2)c1. The van der Waals surface area contributed by atoms with Crippen molar-refractivity contribution in [3.63, 3.8) is 0 Å². The highest BCUT2D eigenvalue weighted by Crippen LogP contribution is 2.29. The normalized spacial score (nSPS) is 14.9. The number of phenolic OH excluding ortho intramolecular Hbond substituents is 1. The van der Waals surface area contributed by atoms with E-state index in [1.54, 1.807) is 41.4 Å². The molecule has 1 fully saturated rings. The molecule has 3 aromatic carbocycles. The Bertz CT molecular complexity index is 1210. The first-order valence-electron chi connectivity index (χ1n) is 11.8. The smallest absolute Gasteiger partial charge is 0.335 e. The van der Waals surface area contributed by atoms with Gasteiger partial charge in [0, 0.05) is 26.1 Å². The molecule has 0 bridgehead atoms. The van der Waals surface area contributed by atoms with Gasteiger partial charge in [0.1, 0.15) is 5.75 Å². The van der Waals surface area contributed by atoms with Crippen molar-refractivity contribution in [2.24, 2.45) is 0 Å². The first-order valence-corrected chi connectivity index (χ1v) is 11.8. The molecule has 0 spiro atoms. The number of carboxylic acids is 1. The van der Waals surface area contributed by atoms with Gasteiger partial charge in [-0.3, -0.25) is 9.80 Å². The molecule has 1 amide bonds. The van der Waals surface area contributed by atoms with Crippen LogP contribution in [0.3, 0.4) is 0 Å². The minimum Gasteiger partial charge on any atom is -0.508 e. The number of aryl methyl sites for hydroxylation is 1. The number of amides is 1. The second-order valence-corrected chi connectivity index (χ2v) is 8.90. The van der Waals surface area contributed by atoms with Crippen molar-refractivity contribution in [2.75, 3.05) is 19.6 Å². The van der Waals surface area contributed by atoms with Crippen LogP contribution in [0.4, 0.5) is 0 Å². The van der Waals surface area contributed by atoms with Crippen LogP contribution in [0, 0.1) is 6.92 Å². The third-order valence-electron chi connectivity index (χ3n) is 6.48. The molecule has 1 aliphatic rings.